The molecule has 170 valence electrons. The highest BCUT2D eigenvalue weighted by Gasteiger charge is 2.49. The molecule has 0 spiro atoms. The van der Waals surface area contributed by atoms with E-state index in [4.69, 9.17) is 4.74 Å². The second-order valence-electron chi connectivity index (χ2n) is 8.56. The van der Waals surface area contributed by atoms with Gasteiger partial charge in [0.2, 0.25) is 0 Å². The van der Waals surface area contributed by atoms with Gasteiger partial charge in [-0.2, -0.15) is 0 Å². The molecular formula is C23H21N3O5S2. The van der Waals surface area contributed by atoms with Crippen LogP contribution in [0.15, 0.2) is 47.4 Å². The minimum Gasteiger partial charge on any atom is -0.376 e. The van der Waals surface area contributed by atoms with Gasteiger partial charge < -0.3 is 4.74 Å². The summed E-state index contributed by atoms with van der Waals surface area (Å²) in [4.78, 5) is 32.5. The number of nitrogens with zero attached hydrogens (tertiary/aromatic N) is 3. The van der Waals surface area contributed by atoms with Crippen molar-refractivity contribution in [3.63, 3.8) is 0 Å². The molecule has 3 aliphatic rings. The molecule has 2 aliphatic heterocycles. The van der Waals surface area contributed by atoms with Crippen LogP contribution in [0.4, 0.5) is 5.13 Å². The van der Waals surface area contributed by atoms with Crippen LogP contribution in [0.2, 0.25) is 0 Å². The number of thiazole rings is 1. The number of benzene rings is 2. The lowest BCUT2D eigenvalue weighted by Crippen LogP contribution is -2.37. The first-order chi connectivity index (χ1) is 15.9. The van der Waals surface area contributed by atoms with Crippen molar-refractivity contribution >= 4 is 48.5 Å². The third-order valence-corrected chi connectivity index (χ3v) is 9.18. The molecule has 33 heavy (non-hydrogen) atoms. The third kappa shape index (κ3) is 3.44. The Morgan fingerprint density at radius 1 is 1.18 bits per heavy atom. The highest BCUT2D eigenvalue weighted by molar-refractivity contribution is 7.90. The molecule has 6 rings (SSSR count). The van der Waals surface area contributed by atoms with E-state index >= 15 is 0 Å². The van der Waals surface area contributed by atoms with Crippen LogP contribution in [-0.4, -0.2) is 54.8 Å². The fourth-order valence-electron chi connectivity index (χ4n) is 4.42. The summed E-state index contributed by atoms with van der Waals surface area (Å²) in [6.45, 7) is 0.984. The van der Waals surface area contributed by atoms with E-state index in [1.54, 1.807) is 4.90 Å². The van der Waals surface area contributed by atoms with Crippen LogP contribution in [0.25, 0.3) is 10.2 Å². The molecule has 8 nitrogen and oxygen atoms in total. The molecule has 0 bridgehead atoms. The minimum atomic E-state index is -3.95. The van der Waals surface area contributed by atoms with E-state index in [0.717, 1.165) is 27.4 Å². The van der Waals surface area contributed by atoms with Gasteiger partial charge in [-0.1, -0.05) is 23.5 Å². The standard InChI is InChI=1S/C23H21N3O5S2/c27-21(14-7-10-17-20(12-14)33(29,30)26(22(17)28)15-8-9-15)25(13-16-4-3-11-31-16)23-24-18-5-1-2-6-19(18)32-23/h1-2,5-7,10,12,15-16H,3-4,8-9,11,13H2. The lowest BCUT2D eigenvalue weighted by Gasteiger charge is -2.23. The van der Waals surface area contributed by atoms with Crippen molar-refractivity contribution < 1.29 is 22.7 Å². The molecular weight excluding hydrogens is 462 g/mol. The molecule has 2 fully saturated rings. The number of ether oxygens (including phenoxy) is 1. The van der Waals surface area contributed by atoms with Crippen molar-refractivity contribution in [1.82, 2.24) is 9.29 Å². The Hall–Kier alpha value is -2.82. The smallest absolute Gasteiger partial charge is 0.269 e. The van der Waals surface area contributed by atoms with Gasteiger partial charge in [-0.3, -0.25) is 14.5 Å². The average molecular weight is 484 g/mol. The molecule has 1 aromatic heterocycles. The van der Waals surface area contributed by atoms with Crippen molar-refractivity contribution in [2.45, 2.75) is 42.7 Å². The van der Waals surface area contributed by atoms with Gasteiger partial charge in [-0.25, -0.2) is 17.7 Å². The lowest BCUT2D eigenvalue weighted by molar-refractivity contribution is 0.0863. The van der Waals surface area contributed by atoms with Gasteiger partial charge in [0.1, 0.15) is 4.90 Å². The third-order valence-electron chi connectivity index (χ3n) is 6.24. The Morgan fingerprint density at radius 3 is 2.73 bits per heavy atom. The molecule has 10 heteroatoms. The maximum Gasteiger partial charge on any atom is 0.269 e. The number of amides is 2. The summed E-state index contributed by atoms with van der Waals surface area (Å²) in [5.74, 6) is -0.867. The van der Waals surface area contributed by atoms with Crippen LogP contribution >= 0.6 is 11.3 Å². The number of aromatic nitrogens is 1. The van der Waals surface area contributed by atoms with Crippen LogP contribution in [0.3, 0.4) is 0 Å². The van der Waals surface area contributed by atoms with Gasteiger partial charge in [0.25, 0.3) is 21.8 Å². The van der Waals surface area contributed by atoms with Gasteiger partial charge in [0.05, 0.1) is 28.4 Å². The first-order valence-electron chi connectivity index (χ1n) is 11.0. The van der Waals surface area contributed by atoms with Crippen LogP contribution in [0, 0.1) is 0 Å². The van der Waals surface area contributed by atoms with Crippen molar-refractivity contribution in [3.05, 3.63) is 53.6 Å². The van der Waals surface area contributed by atoms with E-state index in [9.17, 15) is 18.0 Å². The van der Waals surface area contributed by atoms with Gasteiger partial charge in [0.15, 0.2) is 5.13 Å². The summed E-state index contributed by atoms with van der Waals surface area (Å²) in [5, 5.41) is 0.538. The SMILES string of the molecule is O=C(c1ccc2c(c1)S(=O)(=O)N(C1CC1)C2=O)N(CC1CCCO1)c1nc2ccccc2s1. The van der Waals surface area contributed by atoms with Crippen LogP contribution < -0.4 is 4.90 Å². The van der Waals surface area contributed by atoms with Crippen LogP contribution in [0.5, 0.6) is 0 Å². The molecule has 2 amide bonds. The monoisotopic (exact) mass is 483 g/mol. The lowest BCUT2D eigenvalue weighted by atomic mass is 10.1. The summed E-state index contributed by atoms with van der Waals surface area (Å²) < 4.78 is 33.8. The van der Waals surface area contributed by atoms with E-state index < -0.39 is 15.9 Å². The molecule has 1 saturated carbocycles. The topological polar surface area (TPSA) is 96.9 Å². The summed E-state index contributed by atoms with van der Waals surface area (Å²) in [6, 6.07) is 11.7. The number of sulfonamides is 1. The molecule has 0 radical (unpaired) electrons. The van der Waals surface area contributed by atoms with E-state index in [0.29, 0.717) is 31.1 Å². The van der Waals surface area contributed by atoms with E-state index in [1.165, 1.54) is 29.5 Å². The summed E-state index contributed by atoms with van der Waals surface area (Å²) in [6.07, 6.45) is 3.03. The van der Waals surface area contributed by atoms with Crippen molar-refractivity contribution in [2.24, 2.45) is 0 Å². The molecule has 1 atom stereocenters. The zero-order valence-electron chi connectivity index (χ0n) is 17.6. The van der Waals surface area contributed by atoms with E-state index in [-0.39, 0.29) is 34.1 Å². The highest BCUT2D eigenvalue weighted by Crippen LogP contribution is 2.40. The fourth-order valence-corrected chi connectivity index (χ4v) is 7.24. The summed E-state index contributed by atoms with van der Waals surface area (Å²) in [5.41, 5.74) is 1.13. The maximum absolute atomic E-state index is 13.7. The average Bonchev–Trinajstić information content (AvgIpc) is 3.25. The van der Waals surface area contributed by atoms with Crippen molar-refractivity contribution in [2.75, 3.05) is 18.1 Å². The highest BCUT2D eigenvalue weighted by atomic mass is 32.2. The molecule has 3 aromatic rings. The van der Waals surface area contributed by atoms with E-state index in [1.807, 2.05) is 24.3 Å². The first kappa shape index (κ1) is 20.8. The zero-order chi connectivity index (χ0) is 22.7. The maximum atomic E-state index is 13.7. The molecule has 2 aromatic carbocycles. The fraction of sp³-hybridized carbons (Fsp3) is 0.348. The van der Waals surface area contributed by atoms with Gasteiger partial charge >= 0.3 is 0 Å². The minimum absolute atomic E-state index is 0.0911. The Kier molecular flexibility index (Phi) is 4.79. The second kappa shape index (κ2) is 7.61. The predicted molar refractivity (Wildman–Crippen MR) is 123 cm³/mol. The number of hydrogen-bond donors (Lipinski definition) is 0. The van der Waals surface area contributed by atoms with Gasteiger partial charge in [-0.15, -0.1) is 0 Å². The Balaban J connectivity index is 1.39. The number of anilines is 1. The van der Waals surface area contributed by atoms with Gasteiger partial charge in [-0.05, 0) is 56.0 Å². The normalized spacial score (nSPS) is 21.5. The summed E-state index contributed by atoms with van der Waals surface area (Å²) >= 11 is 1.41. The molecule has 1 unspecified atom stereocenters. The first-order valence-corrected chi connectivity index (χ1v) is 13.2. The van der Waals surface area contributed by atoms with E-state index in [2.05, 4.69) is 4.98 Å². The molecule has 1 aliphatic carbocycles. The molecule has 1 saturated heterocycles. The Labute approximate surface area is 194 Å². The number of para-hydroxylation sites is 1. The summed E-state index contributed by atoms with van der Waals surface area (Å²) in [7, 11) is -3.95. The van der Waals surface area contributed by atoms with Crippen molar-refractivity contribution in [3.8, 4) is 0 Å². The van der Waals surface area contributed by atoms with Crippen LogP contribution in [-0.2, 0) is 14.8 Å². The van der Waals surface area contributed by atoms with Crippen LogP contribution in [0.1, 0.15) is 46.4 Å². The predicted octanol–water partition coefficient (Wildman–Crippen LogP) is 3.43. The molecule has 3 heterocycles. The largest absolute Gasteiger partial charge is 0.376 e. The Morgan fingerprint density at radius 2 is 2.00 bits per heavy atom. The van der Waals surface area contributed by atoms with Gasteiger partial charge in [0, 0.05) is 18.2 Å². The molecule has 0 N–H and O–H groups in total. The zero-order valence-corrected chi connectivity index (χ0v) is 19.3. The second-order valence-corrected chi connectivity index (χ2v) is 11.4. The quantitative estimate of drug-likeness (QED) is 0.552. The van der Waals surface area contributed by atoms with Crippen molar-refractivity contribution in [1.29, 1.82) is 0 Å². The number of hydrogen-bond acceptors (Lipinski definition) is 7. The number of rotatable bonds is 5. The number of carbonyl (C=O) groups excluding carboxylic acids is 2. The Bertz CT molecular complexity index is 1360. The number of fused-ring (bicyclic) bond motifs is 2. The number of carbonyl (C=O) groups is 2.